The van der Waals surface area contributed by atoms with E-state index in [-0.39, 0.29) is 11.5 Å². The van der Waals surface area contributed by atoms with E-state index in [0.29, 0.717) is 10.2 Å². The molecule has 0 aliphatic heterocycles. The minimum absolute atomic E-state index is 0.101. The molecule has 2 rings (SSSR count). The predicted octanol–water partition coefficient (Wildman–Crippen LogP) is 1.22. The van der Waals surface area contributed by atoms with Crippen molar-refractivity contribution in [3.63, 3.8) is 0 Å². The summed E-state index contributed by atoms with van der Waals surface area (Å²) in [6, 6.07) is 4.26. The molecule has 0 atom stereocenters. The highest BCUT2D eigenvalue weighted by molar-refractivity contribution is 7.99. The molecule has 9 heteroatoms. The van der Waals surface area contributed by atoms with Crippen molar-refractivity contribution >= 4 is 23.3 Å². The Labute approximate surface area is 106 Å². The second-order valence-corrected chi connectivity index (χ2v) is 4.07. The fourth-order valence-corrected chi connectivity index (χ4v) is 1.89. The lowest BCUT2D eigenvalue weighted by atomic mass is 10.4. The number of hydrazine groups is 1. The van der Waals surface area contributed by atoms with Gasteiger partial charge in [-0.05, 0) is 17.8 Å². The van der Waals surface area contributed by atoms with Crippen LogP contribution in [0.3, 0.4) is 0 Å². The number of aromatic nitrogens is 3. The van der Waals surface area contributed by atoms with Crippen LogP contribution < -0.4 is 11.3 Å². The van der Waals surface area contributed by atoms with E-state index >= 15 is 0 Å². The Morgan fingerprint density at radius 2 is 2.06 bits per heavy atom. The Hall–Kier alpha value is -2.26. The van der Waals surface area contributed by atoms with Crippen LogP contribution in [0.25, 0.3) is 0 Å². The third-order valence-electron chi connectivity index (χ3n) is 1.88. The number of nitrogens with zero attached hydrogens (tertiary/aromatic N) is 4. The number of nitrogens with two attached hydrogens (primary N) is 1. The molecule has 0 bridgehead atoms. The van der Waals surface area contributed by atoms with Crippen LogP contribution in [0.15, 0.2) is 40.8 Å². The van der Waals surface area contributed by atoms with E-state index < -0.39 is 4.92 Å². The summed E-state index contributed by atoms with van der Waals surface area (Å²) in [7, 11) is 0. The average Bonchev–Trinajstić information content (AvgIpc) is 2.39. The number of rotatable bonds is 4. The minimum atomic E-state index is -0.515. The molecule has 0 saturated heterocycles. The van der Waals surface area contributed by atoms with Gasteiger partial charge in [-0.15, -0.1) is 0 Å². The van der Waals surface area contributed by atoms with Crippen molar-refractivity contribution in [3.8, 4) is 0 Å². The lowest BCUT2D eigenvalue weighted by molar-refractivity contribution is -0.385. The third-order valence-corrected chi connectivity index (χ3v) is 2.69. The molecule has 2 heterocycles. The molecule has 92 valence electrons. The molecule has 0 aromatic carbocycles. The molecular weight excluding hydrogens is 256 g/mol. The van der Waals surface area contributed by atoms with Gasteiger partial charge >= 0.3 is 0 Å². The molecule has 0 aliphatic rings. The van der Waals surface area contributed by atoms with Gasteiger partial charge in [-0.2, -0.15) is 0 Å². The van der Waals surface area contributed by atoms with Crippen LogP contribution in [0, 0.1) is 10.1 Å². The number of hydrogen-bond donors (Lipinski definition) is 2. The quantitative estimate of drug-likeness (QED) is 0.366. The average molecular weight is 264 g/mol. The van der Waals surface area contributed by atoms with E-state index in [9.17, 15) is 10.1 Å². The Balaban J connectivity index is 2.32. The van der Waals surface area contributed by atoms with Gasteiger partial charge in [-0.1, -0.05) is 0 Å². The first kappa shape index (κ1) is 12.2. The molecule has 0 fully saturated rings. The molecule has 3 N–H and O–H groups in total. The number of nitro groups is 1. The molecule has 2 aromatic heterocycles. The normalized spacial score (nSPS) is 10.1. The Morgan fingerprint density at radius 3 is 2.67 bits per heavy atom. The molecule has 2 aromatic rings. The largest absolute Gasteiger partial charge is 0.308 e. The molecule has 0 radical (unpaired) electrons. The monoisotopic (exact) mass is 264 g/mol. The SMILES string of the molecule is NNc1cc([N+](=O)[O-])cc(Sc2ncccn2)n1. The molecule has 0 aliphatic carbocycles. The maximum atomic E-state index is 10.7. The number of nitrogen functional groups attached to an aromatic ring is 1. The Morgan fingerprint density at radius 1 is 1.33 bits per heavy atom. The summed E-state index contributed by atoms with van der Waals surface area (Å²) in [6.07, 6.45) is 3.16. The maximum absolute atomic E-state index is 10.7. The standard InChI is InChI=1S/C9H8N6O2S/c10-14-7-4-6(15(16)17)5-8(13-7)18-9-11-2-1-3-12-9/h1-5H,10H2,(H,13,14). The second-order valence-electron chi connectivity index (χ2n) is 3.08. The van der Waals surface area contributed by atoms with Crippen LogP contribution in [0.2, 0.25) is 0 Å². The molecule has 0 amide bonds. The zero-order chi connectivity index (χ0) is 13.0. The van der Waals surface area contributed by atoms with Gasteiger partial charge in [0, 0.05) is 18.5 Å². The summed E-state index contributed by atoms with van der Waals surface area (Å²) < 4.78 is 0. The van der Waals surface area contributed by atoms with Crippen molar-refractivity contribution in [2.75, 3.05) is 5.43 Å². The van der Waals surface area contributed by atoms with E-state index in [1.165, 1.54) is 12.1 Å². The first-order chi connectivity index (χ1) is 8.69. The predicted molar refractivity (Wildman–Crippen MR) is 64.9 cm³/mol. The lowest BCUT2D eigenvalue weighted by Crippen LogP contribution is -2.09. The van der Waals surface area contributed by atoms with Gasteiger partial charge in [0.2, 0.25) is 0 Å². The highest BCUT2D eigenvalue weighted by Crippen LogP contribution is 2.27. The van der Waals surface area contributed by atoms with Crippen molar-refractivity contribution in [3.05, 3.63) is 40.7 Å². The summed E-state index contributed by atoms with van der Waals surface area (Å²) in [5, 5.41) is 11.6. The fourth-order valence-electron chi connectivity index (χ4n) is 1.15. The van der Waals surface area contributed by atoms with E-state index in [0.717, 1.165) is 11.8 Å². The van der Waals surface area contributed by atoms with Crippen LogP contribution in [0.5, 0.6) is 0 Å². The summed E-state index contributed by atoms with van der Waals surface area (Å²) in [4.78, 5) is 22.3. The van der Waals surface area contributed by atoms with Crippen molar-refractivity contribution in [2.45, 2.75) is 10.2 Å². The highest BCUT2D eigenvalue weighted by Gasteiger charge is 2.12. The summed E-state index contributed by atoms with van der Waals surface area (Å²) >= 11 is 1.12. The smallest absolute Gasteiger partial charge is 0.275 e. The number of nitrogens with one attached hydrogen (secondary N) is 1. The topological polar surface area (TPSA) is 120 Å². The van der Waals surface area contributed by atoms with Crippen LogP contribution in [0.4, 0.5) is 11.5 Å². The number of anilines is 1. The summed E-state index contributed by atoms with van der Waals surface area (Å²) in [5.41, 5.74) is 2.18. The van der Waals surface area contributed by atoms with E-state index in [2.05, 4.69) is 20.4 Å². The second kappa shape index (κ2) is 5.38. The van der Waals surface area contributed by atoms with Gasteiger partial charge < -0.3 is 5.43 Å². The van der Waals surface area contributed by atoms with Gasteiger partial charge in [0.15, 0.2) is 5.16 Å². The Kier molecular flexibility index (Phi) is 3.65. The van der Waals surface area contributed by atoms with Crippen LogP contribution in [-0.4, -0.2) is 19.9 Å². The first-order valence-electron chi connectivity index (χ1n) is 4.77. The molecule has 0 saturated carbocycles. The third kappa shape index (κ3) is 2.90. The first-order valence-corrected chi connectivity index (χ1v) is 5.58. The zero-order valence-corrected chi connectivity index (χ0v) is 9.79. The van der Waals surface area contributed by atoms with Crippen LogP contribution in [0.1, 0.15) is 0 Å². The van der Waals surface area contributed by atoms with Crippen molar-refractivity contribution < 1.29 is 4.92 Å². The van der Waals surface area contributed by atoms with E-state index in [1.807, 2.05) is 0 Å². The van der Waals surface area contributed by atoms with Crippen molar-refractivity contribution in [1.29, 1.82) is 0 Å². The van der Waals surface area contributed by atoms with Gasteiger partial charge in [0.05, 0.1) is 11.0 Å². The van der Waals surface area contributed by atoms with E-state index in [4.69, 9.17) is 5.84 Å². The van der Waals surface area contributed by atoms with E-state index in [1.54, 1.807) is 18.5 Å². The Bertz CT molecular complexity index is 564. The molecule has 8 nitrogen and oxygen atoms in total. The molecular formula is C9H8N6O2S. The summed E-state index contributed by atoms with van der Waals surface area (Å²) in [5.74, 6) is 5.42. The lowest BCUT2D eigenvalue weighted by Gasteiger charge is -2.03. The van der Waals surface area contributed by atoms with Gasteiger partial charge in [-0.25, -0.2) is 20.8 Å². The molecule has 0 spiro atoms. The van der Waals surface area contributed by atoms with Gasteiger partial charge in [0.1, 0.15) is 10.8 Å². The molecule has 0 unspecified atom stereocenters. The van der Waals surface area contributed by atoms with Gasteiger partial charge in [-0.3, -0.25) is 10.1 Å². The highest BCUT2D eigenvalue weighted by atomic mass is 32.2. The van der Waals surface area contributed by atoms with Crippen molar-refractivity contribution in [2.24, 2.45) is 5.84 Å². The minimum Gasteiger partial charge on any atom is -0.308 e. The van der Waals surface area contributed by atoms with Crippen molar-refractivity contribution in [1.82, 2.24) is 15.0 Å². The fraction of sp³-hybridized carbons (Fsp3) is 0. The van der Waals surface area contributed by atoms with Crippen LogP contribution >= 0.6 is 11.8 Å². The number of hydrogen-bond acceptors (Lipinski definition) is 8. The maximum Gasteiger partial charge on any atom is 0.275 e. The summed E-state index contributed by atoms with van der Waals surface area (Å²) in [6.45, 7) is 0. The van der Waals surface area contributed by atoms with Gasteiger partial charge in [0.25, 0.3) is 5.69 Å². The van der Waals surface area contributed by atoms with Crippen LogP contribution in [-0.2, 0) is 0 Å². The zero-order valence-electron chi connectivity index (χ0n) is 8.98. The number of pyridine rings is 1. The molecule has 18 heavy (non-hydrogen) atoms.